The number of ether oxygens (including phenoxy) is 3. The van der Waals surface area contributed by atoms with Crippen LogP contribution < -0.4 is 5.32 Å². The van der Waals surface area contributed by atoms with Crippen molar-refractivity contribution in [1.82, 2.24) is 5.32 Å². The number of rotatable bonds is 9. The van der Waals surface area contributed by atoms with E-state index in [0.717, 1.165) is 19.3 Å². The number of hydrogen-bond donors (Lipinski definition) is 1. The van der Waals surface area contributed by atoms with Gasteiger partial charge in [-0.1, -0.05) is 0 Å². The Bertz CT molecular complexity index is 243. The molecule has 5 heteroatoms. The minimum atomic E-state index is -0.733. The van der Waals surface area contributed by atoms with Gasteiger partial charge in [-0.25, -0.2) is 4.79 Å². The Kier molecular flexibility index (Phi) is 5.88. The highest BCUT2D eigenvalue weighted by Crippen LogP contribution is 2.23. The highest BCUT2D eigenvalue weighted by Gasteiger charge is 2.39. The normalized spacial score (nSPS) is 18.8. The van der Waals surface area contributed by atoms with Crippen molar-refractivity contribution < 1.29 is 19.0 Å². The van der Waals surface area contributed by atoms with Crippen molar-refractivity contribution >= 4 is 5.97 Å². The van der Waals surface area contributed by atoms with E-state index in [9.17, 15) is 4.79 Å². The van der Waals surface area contributed by atoms with Gasteiger partial charge in [-0.15, -0.1) is 0 Å². The zero-order chi connectivity index (χ0) is 12.7. The van der Waals surface area contributed by atoms with E-state index in [4.69, 9.17) is 14.2 Å². The van der Waals surface area contributed by atoms with Crippen LogP contribution >= 0.6 is 0 Å². The Balaban J connectivity index is 2.31. The first-order valence-electron chi connectivity index (χ1n) is 6.05. The van der Waals surface area contributed by atoms with Crippen LogP contribution in [0.1, 0.15) is 26.2 Å². The van der Waals surface area contributed by atoms with Gasteiger partial charge in [0.25, 0.3) is 0 Å². The maximum absolute atomic E-state index is 11.7. The Labute approximate surface area is 103 Å². The van der Waals surface area contributed by atoms with Crippen LogP contribution in [-0.2, 0) is 19.0 Å². The van der Waals surface area contributed by atoms with E-state index in [2.05, 4.69) is 5.32 Å². The van der Waals surface area contributed by atoms with Crippen LogP contribution in [0, 0.1) is 0 Å². The molecule has 0 aromatic rings. The van der Waals surface area contributed by atoms with E-state index in [0.29, 0.717) is 25.9 Å². The first-order chi connectivity index (χ1) is 8.12. The zero-order valence-electron chi connectivity index (χ0n) is 11.0. The standard InChI is InChI=1S/C12H23NO4/c1-12(11(14)16-3,13-10-5-6-10)9-17-8-4-7-15-2/h10,13H,4-9H2,1-3H3. The molecule has 5 nitrogen and oxygen atoms in total. The molecule has 1 N–H and O–H groups in total. The molecule has 1 atom stereocenters. The fourth-order valence-electron chi connectivity index (χ4n) is 1.64. The summed E-state index contributed by atoms with van der Waals surface area (Å²) in [4.78, 5) is 11.7. The molecular weight excluding hydrogens is 222 g/mol. The summed E-state index contributed by atoms with van der Waals surface area (Å²) in [7, 11) is 3.06. The molecule has 1 saturated carbocycles. The number of carbonyl (C=O) groups is 1. The summed E-state index contributed by atoms with van der Waals surface area (Å²) < 4.78 is 15.3. The maximum Gasteiger partial charge on any atom is 0.328 e. The Hall–Kier alpha value is -0.650. The van der Waals surface area contributed by atoms with Crippen molar-refractivity contribution in [2.24, 2.45) is 0 Å². The van der Waals surface area contributed by atoms with Gasteiger partial charge >= 0.3 is 5.97 Å². The predicted molar refractivity (Wildman–Crippen MR) is 63.9 cm³/mol. The summed E-state index contributed by atoms with van der Waals surface area (Å²) in [5.41, 5.74) is -0.733. The van der Waals surface area contributed by atoms with Crippen LogP contribution in [0.3, 0.4) is 0 Å². The van der Waals surface area contributed by atoms with Crippen LogP contribution in [0.5, 0.6) is 0 Å². The van der Waals surface area contributed by atoms with Crippen molar-refractivity contribution in [1.29, 1.82) is 0 Å². The van der Waals surface area contributed by atoms with Crippen LogP contribution in [0.25, 0.3) is 0 Å². The number of methoxy groups -OCH3 is 2. The molecule has 1 aliphatic rings. The van der Waals surface area contributed by atoms with Gasteiger partial charge in [-0.05, 0) is 26.2 Å². The van der Waals surface area contributed by atoms with Crippen LogP contribution in [0.4, 0.5) is 0 Å². The molecule has 17 heavy (non-hydrogen) atoms. The minimum Gasteiger partial charge on any atom is -0.468 e. The lowest BCUT2D eigenvalue weighted by atomic mass is 10.0. The van der Waals surface area contributed by atoms with E-state index in [1.165, 1.54) is 7.11 Å². The maximum atomic E-state index is 11.7. The summed E-state index contributed by atoms with van der Waals surface area (Å²) in [6, 6.07) is 0.432. The van der Waals surface area contributed by atoms with Gasteiger partial charge in [-0.3, -0.25) is 5.32 Å². The second-order valence-electron chi connectivity index (χ2n) is 4.64. The molecule has 0 spiro atoms. The summed E-state index contributed by atoms with van der Waals surface area (Å²) in [6.45, 7) is 3.42. The topological polar surface area (TPSA) is 56.8 Å². The summed E-state index contributed by atoms with van der Waals surface area (Å²) in [5.74, 6) is -0.267. The van der Waals surface area contributed by atoms with E-state index in [1.54, 1.807) is 7.11 Å². The summed E-state index contributed by atoms with van der Waals surface area (Å²) in [6.07, 6.45) is 3.07. The number of esters is 1. The minimum absolute atomic E-state index is 0.267. The third-order valence-corrected chi connectivity index (χ3v) is 2.76. The van der Waals surface area contributed by atoms with Gasteiger partial charge in [0.2, 0.25) is 0 Å². The lowest BCUT2D eigenvalue weighted by molar-refractivity contribution is -0.150. The fraction of sp³-hybridized carbons (Fsp3) is 0.917. The van der Waals surface area contributed by atoms with Crippen LogP contribution in [0.2, 0.25) is 0 Å². The molecule has 100 valence electrons. The van der Waals surface area contributed by atoms with Crippen molar-refractivity contribution in [3.05, 3.63) is 0 Å². The van der Waals surface area contributed by atoms with E-state index in [1.807, 2.05) is 6.92 Å². The average molecular weight is 245 g/mol. The molecule has 0 aromatic heterocycles. The Morgan fingerprint density at radius 3 is 2.59 bits per heavy atom. The highest BCUT2D eigenvalue weighted by molar-refractivity contribution is 5.80. The smallest absolute Gasteiger partial charge is 0.328 e. The van der Waals surface area contributed by atoms with Crippen LogP contribution in [0.15, 0.2) is 0 Å². The van der Waals surface area contributed by atoms with Gasteiger partial charge in [0.05, 0.1) is 13.7 Å². The molecule has 1 aliphatic carbocycles. The van der Waals surface area contributed by atoms with Crippen LogP contribution in [-0.4, -0.2) is 51.6 Å². The molecule has 0 bridgehead atoms. The quantitative estimate of drug-likeness (QED) is 0.479. The van der Waals surface area contributed by atoms with Gasteiger partial charge in [0.15, 0.2) is 0 Å². The third kappa shape index (κ3) is 5.02. The molecule has 1 unspecified atom stereocenters. The lowest BCUT2D eigenvalue weighted by Gasteiger charge is -2.27. The summed E-state index contributed by atoms with van der Waals surface area (Å²) in [5, 5.41) is 3.28. The first-order valence-corrected chi connectivity index (χ1v) is 6.05. The highest BCUT2D eigenvalue weighted by atomic mass is 16.5. The molecule has 0 heterocycles. The molecule has 1 fully saturated rings. The molecule has 0 radical (unpaired) electrons. The number of hydrogen-bond acceptors (Lipinski definition) is 5. The van der Waals surface area contributed by atoms with Gasteiger partial charge < -0.3 is 14.2 Å². The van der Waals surface area contributed by atoms with E-state index < -0.39 is 5.54 Å². The lowest BCUT2D eigenvalue weighted by Crippen LogP contribution is -2.54. The Morgan fingerprint density at radius 2 is 2.06 bits per heavy atom. The SMILES string of the molecule is COCCCOCC(C)(NC1CC1)C(=O)OC. The molecule has 0 aromatic carbocycles. The second-order valence-corrected chi connectivity index (χ2v) is 4.64. The van der Waals surface area contributed by atoms with Gasteiger partial charge in [-0.2, -0.15) is 0 Å². The molecule has 0 aliphatic heterocycles. The monoisotopic (exact) mass is 245 g/mol. The average Bonchev–Trinajstić information content (AvgIpc) is 3.11. The summed E-state index contributed by atoms with van der Waals surface area (Å²) >= 11 is 0. The Morgan fingerprint density at radius 1 is 1.35 bits per heavy atom. The molecular formula is C12H23NO4. The van der Waals surface area contributed by atoms with Crippen molar-refractivity contribution in [3.63, 3.8) is 0 Å². The molecule has 0 saturated heterocycles. The van der Waals surface area contributed by atoms with E-state index in [-0.39, 0.29) is 5.97 Å². The second kappa shape index (κ2) is 6.93. The molecule has 0 amide bonds. The molecule has 1 rings (SSSR count). The van der Waals surface area contributed by atoms with E-state index >= 15 is 0 Å². The number of carbonyl (C=O) groups excluding carboxylic acids is 1. The van der Waals surface area contributed by atoms with Gasteiger partial charge in [0, 0.05) is 26.4 Å². The zero-order valence-corrected chi connectivity index (χ0v) is 11.0. The predicted octanol–water partition coefficient (Wildman–Crippen LogP) is 0.723. The van der Waals surface area contributed by atoms with Gasteiger partial charge in [0.1, 0.15) is 5.54 Å². The van der Waals surface area contributed by atoms with Crippen molar-refractivity contribution in [2.75, 3.05) is 34.0 Å². The third-order valence-electron chi connectivity index (χ3n) is 2.76. The largest absolute Gasteiger partial charge is 0.468 e. The van der Waals surface area contributed by atoms with Crippen molar-refractivity contribution in [2.45, 2.75) is 37.8 Å². The van der Waals surface area contributed by atoms with Crippen molar-refractivity contribution in [3.8, 4) is 0 Å². The number of nitrogens with one attached hydrogen (secondary N) is 1. The fourth-order valence-corrected chi connectivity index (χ4v) is 1.64. The first kappa shape index (κ1) is 14.4.